The van der Waals surface area contributed by atoms with Crippen molar-refractivity contribution in [3.63, 3.8) is 0 Å². The second kappa shape index (κ2) is 3.53. The van der Waals surface area contributed by atoms with E-state index in [1.165, 1.54) is 4.68 Å². The highest BCUT2D eigenvalue weighted by Gasteiger charge is 2.09. The van der Waals surface area contributed by atoms with Gasteiger partial charge >= 0.3 is 0 Å². The van der Waals surface area contributed by atoms with Gasteiger partial charge in [0.2, 0.25) is 0 Å². The molecular weight excluding hydrogens is 194 g/mol. The van der Waals surface area contributed by atoms with Crippen molar-refractivity contribution in [2.24, 2.45) is 0 Å². The molecule has 0 aliphatic carbocycles. The molecular formula is C10H8N3O2-. The van der Waals surface area contributed by atoms with E-state index in [4.69, 9.17) is 0 Å². The van der Waals surface area contributed by atoms with E-state index in [9.17, 15) is 9.90 Å². The Bertz CT molecular complexity index is 491. The SMILES string of the molecule is Cc1c(C(=O)[O-])nnn1-c1ccccc1. The molecule has 1 heterocycles. The van der Waals surface area contributed by atoms with Crippen LogP contribution >= 0.6 is 0 Å². The number of rotatable bonds is 2. The molecule has 15 heavy (non-hydrogen) atoms. The molecule has 0 saturated heterocycles. The van der Waals surface area contributed by atoms with Crippen LogP contribution in [0.1, 0.15) is 16.2 Å². The Morgan fingerprint density at radius 2 is 2.00 bits per heavy atom. The Hall–Kier alpha value is -2.17. The van der Waals surface area contributed by atoms with E-state index in [-0.39, 0.29) is 5.69 Å². The van der Waals surface area contributed by atoms with E-state index in [0.29, 0.717) is 5.69 Å². The van der Waals surface area contributed by atoms with Crippen molar-refractivity contribution < 1.29 is 9.90 Å². The van der Waals surface area contributed by atoms with E-state index in [0.717, 1.165) is 5.69 Å². The zero-order valence-electron chi connectivity index (χ0n) is 8.04. The normalized spacial score (nSPS) is 10.2. The molecule has 2 aromatic rings. The summed E-state index contributed by atoms with van der Waals surface area (Å²) in [5.41, 5.74) is 1.11. The van der Waals surface area contributed by atoms with Gasteiger partial charge in [-0.2, -0.15) is 0 Å². The van der Waals surface area contributed by atoms with Crippen molar-refractivity contribution in [2.75, 3.05) is 0 Å². The number of aromatic carboxylic acids is 1. The van der Waals surface area contributed by atoms with E-state index in [1.54, 1.807) is 6.92 Å². The van der Waals surface area contributed by atoms with E-state index >= 15 is 0 Å². The number of hydrogen-bond acceptors (Lipinski definition) is 4. The molecule has 0 bridgehead atoms. The van der Waals surface area contributed by atoms with Gasteiger partial charge in [-0.15, -0.1) is 5.10 Å². The number of carboxylic acids is 1. The predicted molar refractivity (Wildman–Crippen MR) is 50.4 cm³/mol. The minimum absolute atomic E-state index is 0.126. The predicted octanol–water partition coefficient (Wildman–Crippen LogP) is -0.0608. The monoisotopic (exact) mass is 202 g/mol. The number of carboxylic acid groups (broad SMARTS) is 1. The number of benzene rings is 1. The van der Waals surface area contributed by atoms with Gasteiger partial charge in [0.1, 0.15) is 5.69 Å². The molecule has 5 heteroatoms. The van der Waals surface area contributed by atoms with E-state index in [2.05, 4.69) is 10.3 Å². The smallest absolute Gasteiger partial charge is 0.131 e. The fraction of sp³-hybridized carbons (Fsp3) is 0.100. The maximum atomic E-state index is 10.6. The van der Waals surface area contributed by atoms with Gasteiger partial charge in [-0.25, -0.2) is 4.68 Å². The summed E-state index contributed by atoms with van der Waals surface area (Å²) in [7, 11) is 0. The summed E-state index contributed by atoms with van der Waals surface area (Å²) in [4.78, 5) is 10.6. The molecule has 1 aromatic heterocycles. The van der Waals surface area contributed by atoms with Crippen LogP contribution in [0, 0.1) is 6.92 Å². The summed E-state index contributed by atoms with van der Waals surface area (Å²) < 4.78 is 1.46. The molecule has 0 amide bonds. The van der Waals surface area contributed by atoms with Crippen LogP contribution in [0.25, 0.3) is 5.69 Å². The Balaban J connectivity index is 2.52. The molecule has 2 rings (SSSR count). The molecule has 76 valence electrons. The van der Waals surface area contributed by atoms with Crippen molar-refractivity contribution in [1.82, 2.24) is 15.0 Å². The molecule has 0 saturated carbocycles. The van der Waals surface area contributed by atoms with Crippen LogP contribution < -0.4 is 5.11 Å². The van der Waals surface area contributed by atoms with Crippen molar-refractivity contribution in [3.05, 3.63) is 41.7 Å². The number of carbonyl (C=O) groups excluding carboxylic acids is 1. The van der Waals surface area contributed by atoms with Gasteiger partial charge in [0, 0.05) is 0 Å². The average Bonchev–Trinajstić information content (AvgIpc) is 2.61. The highest BCUT2D eigenvalue weighted by Crippen LogP contribution is 2.10. The zero-order chi connectivity index (χ0) is 10.8. The van der Waals surface area contributed by atoms with Gasteiger partial charge in [0.25, 0.3) is 0 Å². The molecule has 0 radical (unpaired) electrons. The van der Waals surface area contributed by atoms with Crippen LogP contribution in [-0.2, 0) is 0 Å². The lowest BCUT2D eigenvalue weighted by molar-refractivity contribution is -0.255. The van der Waals surface area contributed by atoms with Crippen LogP contribution in [0.3, 0.4) is 0 Å². The third-order valence-corrected chi connectivity index (χ3v) is 2.09. The van der Waals surface area contributed by atoms with Gasteiger partial charge in [-0.3, -0.25) is 0 Å². The summed E-state index contributed by atoms with van der Waals surface area (Å²) in [6.07, 6.45) is 0. The molecule has 0 unspecified atom stereocenters. The highest BCUT2D eigenvalue weighted by atomic mass is 16.4. The first-order valence-corrected chi connectivity index (χ1v) is 4.39. The molecule has 0 N–H and O–H groups in total. The van der Waals surface area contributed by atoms with Gasteiger partial charge in [-0.1, -0.05) is 23.4 Å². The molecule has 0 atom stereocenters. The maximum Gasteiger partial charge on any atom is 0.131 e. The Morgan fingerprint density at radius 3 is 2.53 bits per heavy atom. The van der Waals surface area contributed by atoms with Gasteiger partial charge in [0.15, 0.2) is 0 Å². The molecule has 0 aliphatic rings. The van der Waals surface area contributed by atoms with Gasteiger partial charge in [0.05, 0.1) is 17.4 Å². The third-order valence-electron chi connectivity index (χ3n) is 2.09. The maximum absolute atomic E-state index is 10.6. The number of carbonyl (C=O) groups is 1. The molecule has 0 spiro atoms. The number of nitrogens with zero attached hydrogens (tertiary/aromatic N) is 3. The van der Waals surface area contributed by atoms with Crippen molar-refractivity contribution in [2.45, 2.75) is 6.92 Å². The second-order valence-electron chi connectivity index (χ2n) is 3.06. The van der Waals surface area contributed by atoms with E-state index in [1.807, 2.05) is 30.3 Å². The number of para-hydroxylation sites is 1. The van der Waals surface area contributed by atoms with Crippen LogP contribution in [0.5, 0.6) is 0 Å². The lowest BCUT2D eigenvalue weighted by Crippen LogP contribution is -2.23. The largest absolute Gasteiger partial charge is 0.543 e. The summed E-state index contributed by atoms with van der Waals surface area (Å²) in [5, 5.41) is 17.9. The van der Waals surface area contributed by atoms with Crippen LogP contribution in [0.15, 0.2) is 30.3 Å². The molecule has 0 fully saturated rings. The fourth-order valence-electron chi connectivity index (χ4n) is 1.33. The summed E-state index contributed by atoms with van der Waals surface area (Å²) in [6.45, 7) is 1.64. The van der Waals surface area contributed by atoms with E-state index < -0.39 is 5.97 Å². The van der Waals surface area contributed by atoms with Crippen molar-refractivity contribution in [3.8, 4) is 5.69 Å². The Kier molecular flexibility index (Phi) is 2.21. The fourth-order valence-corrected chi connectivity index (χ4v) is 1.33. The molecule has 5 nitrogen and oxygen atoms in total. The lowest BCUT2D eigenvalue weighted by Gasteiger charge is -2.03. The first kappa shape index (κ1) is 9.39. The van der Waals surface area contributed by atoms with Crippen LogP contribution in [0.4, 0.5) is 0 Å². The first-order chi connectivity index (χ1) is 7.20. The third kappa shape index (κ3) is 1.59. The summed E-state index contributed by atoms with van der Waals surface area (Å²) in [5.74, 6) is -1.31. The first-order valence-electron chi connectivity index (χ1n) is 4.39. The lowest BCUT2D eigenvalue weighted by atomic mass is 10.3. The molecule has 0 aliphatic heterocycles. The number of aromatic nitrogens is 3. The highest BCUT2D eigenvalue weighted by molar-refractivity contribution is 5.84. The van der Waals surface area contributed by atoms with Crippen molar-refractivity contribution in [1.29, 1.82) is 0 Å². The standard InChI is InChI=1S/C10H9N3O2/c1-7-9(10(14)15)11-12-13(7)8-5-3-2-4-6-8/h2-6H,1H3,(H,14,15)/p-1. The van der Waals surface area contributed by atoms with Crippen molar-refractivity contribution >= 4 is 5.97 Å². The second-order valence-corrected chi connectivity index (χ2v) is 3.06. The quantitative estimate of drug-likeness (QED) is 0.684. The number of hydrogen-bond donors (Lipinski definition) is 0. The minimum Gasteiger partial charge on any atom is -0.543 e. The van der Waals surface area contributed by atoms with Crippen LogP contribution in [0.2, 0.25) is 0 Å². The minimum atomic E-state index is -1.31. The average molecular weight is 202 g/mol. The van der Waals surface area contributed by atoms with Gasteiger partial charge < -0.3 is 9.90 Å². The summed E-state index contributed by atoms with van der Waals surface area (Å²) in [6, 6.07) is 9.20. The summed E-state index contributed by atoms with van der Waals surface area (Å²) >= 11 is 0. The zero-order valence-corrected chi connectivity index (χ0v) is 8.04. The van der Waals surface area contributed by atoms with Crippen LogP contribution in [-0.4, -0.2) is 21.0 Å². The Morgan fingerprint density at radius 1 is 1.33 bits per heavy atom. The van der Waals surface area contributed by atoms with Gasteiger partial charge in [-0.05, 0) is 19.1 Å². The molecule has 1 aromatic carbocycles. The topological polar surface area (TPSA) is 70.8 Å². The Labute approximate surface area is 86.0 Å².